The molecule has 0 spiro atoms. The second kappa shape index (κ2) is 8.24. The molecule has 0 aliphatic carbocycles. The Morgan fingerprint density at radius 2 is 1.70 bits per heavy atom. The number of hydrogen-bond acceptors (Lipinski definition) is 3. The molecule has 0 radical (unpaired) electrons. The molecule has 1 atom stereocenters. The molecule has 1 unspecified atom stereocenters. The maximum atomic E-state index is 9.37. The minimum absolute atomic E-state index is 0.107. The van der Waals surface area contributed by atoms with Gasteiger partial charge >= 0.3 is 0 Å². The van der Waals surface area contributed by atoms with E-state index in [2.05, 4.69) is 32.0 Å². The number of methoxy groups -OCH3 is 1. The van der Waals surface area contributed by atoms with Crippen LogP contribution in [0.25, 0.3) is 0 Å². The number of ether oxygens (including phenoxy) is 2. The van der Waals surface area contributed by atoms with Crippen molar-refractivity contribution >= 4 is 0 Å². The van der Waals surface area contributed by atoms with Crippen LogP contribution in [-0.4, -0.2) is 13.7 Å². The molecule has 0 aliphatic rings. The lowest BCUT2D eigenvalue weighted by molar-refractivity contribution is 0.304. The first-order valence-corrected chi connectivity index (χ1v) is 7.87. The maximum absolute atomic E-state index is 9.37. The maximum Gasteiger partial charge on any atom is 0.119 e. The van der Waals surface area contributed by atoms with Gasteiger partial charge < -0.3 is 9.47 Å². The number of rotatable bonds is 7. The molecule has 0 aliphatic heterocycles. The van der Waals surface area contributed by atoms with Gasteiger partial charge in [-0.3, -0.25) is 0 Å². The molecule has 0 saturated carbocycles. The van der Waals surface area contributed by atoms with Crippen molar-refractivity contribution < 1.29 is 9.47 Å². The van der Waals surface area contributed by atoms with Crippen LogP contribution in [-0.2, 0) is 0 Å². The summed E-state index contributed by atoms with van der Waals surface area (Å²) in [6.45, 7) is 4.79. The number of nitrogens with zero attached hydrogens (tertiary/aromatic N) is 1. The zero-order valence-corrected chi connectivity index (χ0v) is 14.0. The van der Waals surface area contributed by atoms with Gasteiger partial charge in [-0.2, -0.15) is 5.26 Å². The summed E-state index contributed by atoms with van der Waals surface area (Å²) in [5, 5.41) is 9.37. The molecule has 2 aromatic carbocycles. The molecule has 23 heavy (non-hydrogen) atoms. The summed E-state index contributed by atoms with van der Waals surface area (Å²) >= 11 is 0. The zero-order valence-electron chi connectivity index (χ0n) is 14.0. The van der Waals surface area contributed by atoms with Crippen molar-refractivity contribution in [3.8, 4) is 17.6 Å². The lowest BCUT2D eigenvalue weighted by Gasteiger charge is -2.11. The number of hydrogen-bond donors (Lipinski definition) is 0. The molecule has 0 fully saturated rings. The van der Waals surface area contributed by atoms with E-state index in [1.54, 1.807) is 7.11 Å². The number of aryl methyl sites for hydroxylation is 2. The van der Waals surface area contributed by atoms with E-state index in [0.29, 0.717) is 6.61 Å². The molecule has 0 amide bonds. The lowest BCUT2D eigenvalue weighted by atomic mass is 9.96. The molecule has 2 aromatic rings. The van der Waals surface area contributed by atoms with Crippen LogP contribution in [0.15, 0.2) is 42.5 Å². The average Bonchev–Trinajstić information content (AvgIpc) is 2.58. The van der Waals surface area contributed by atoms with Gasteiger partial charge in [0.25, 0.3) is 0 Å². The van der Waals surface area contributed by atoms with Gasteiger partial charge in [-0.25, -0.2) is 0 Å². The first-order chi connectivity index (χ1) is 11.1. The molecular weight excluding hydrogens is 286 g/mol. The van der Waals surface area contributed by atoms with Crippen molar-refractivity contribution in [3.63, 3.8) is 0 Å². The first kappa shape index (κ1) is 16.9. The van der Waals surface area contributed by atoms with E-state index in [1.807, 2.05) is 30.3 Å². The third kappa shape index (κ3) is 4.75. The van der Waals surface area contributed by atoms with Crippen molar-refractivity contribution in [2.75, 3.05) is 13.7 Å². The van der Waals surface area contributed by atoms with Crippen LogP contribution in [0.3, 0.4) is 0 Å². The van der Waals surface area contributed by atoms with E-state index in [0.717, 1.165) is 29.9 Å². The van der Waals surface area contributed by atoms with Crippen LogP contribution < -0.4 is 9.47 Å². The normalized spacial score (nSPS) is 11.6. The predicted molar refractivity (Wildman–Crippen MR) is 92.0 cm³/mol. The van der Waals surface area contributed by atoms with Gasteiger partial charge in [0.15, 0.2) is 0 Å². The van der Waals surface area contributed by atoms with Crippen molar-refractivity contribution in [3.05, 3.63) is 59.2 Å². The Bertz CT molecular complexity index is 671. The molecular formula is C20H23NO2. The largest absolute Gasteiger partial charge is 0.497 e. The first-order valence-electron chi connectivity index (χ1n) is 7.87. The smallest absolute Gasteiger partial charge is 0.119 e. The standard InChI is InChI=1S/C20H23NO2/c1-15-6-9-20(13-16(15)2)23-12-4-5-18(14-21)17-7-10-19(22-3)11-8-17/h6-11,13,18H,4-5,12H2,1-3H3. The molecule has 2 rings (SSSR count). The Balaban J connectivity index is 1.83. The quantitative estimate of drug-likeness (QED) is 0.691. The third-order valence-electron chi connectivity index (χ3n) is 4.06. The monoisotopic (exact) mass is 309 g/mol. The Morgan fingerprint density at radius 1 is 1.00 bits per heavy atom. The number of nitriles is 1. The highest BCUT2D eigenvalue weighted by Gasteiger charge is 2.10. The van der Waals surface area contributed by atoms with Crippen LogP contribution in [0.2, 0.25) is 0 Å². The van der Waals surface area contributed by atoms with E-state index >= 15 is 0 Å². The SMILES string of the molecule is COc1ccc(C(C#N)CCCOc2ccc(C)c(C)c2)cc1. The molecule has 0 aromatic heterocycles. The molecule has 0 N–H and O–H groups in total. The van der Waals surface area contributed by atoms with E-state index in [1.165, 1.54) is 11.1 Å². The Hall–Kier alpha value is -2.47. The Kier molecular flexibility index (Phi) is 6.05. The zero-order chi connectivity index (χ0) is 16.7. The highest BCUT2D eigenvalue weighted by Crippen LogP contribution is 2.23. The van der Waals surface area contributed by atoms with Crippen LogP contribution in [0.4, 0.5) is 0 Å². The van der Waals surface area contributed by atoms with Gasteiger partial charge in [-0.1, -0.05) is 18.2 Å². The van der Waals surface area contributed by atoms with Crippen LogP contribution in [0, 0.1) is 25.2 Å². The summed E-state index contributed by atoms with van der Waals surface area (Å²) in [7, 11) is 1.64. The molecule has 0 heterocycles. The van der Waals surface area contributed by atoms with Gasteiger partial charge in [0.05, 0.1) is 25.7 Å². The Labute approximate surface area is 138 Å². The van der Waals surface area contributed by atoms with Gasteiger partial charge in [-0.05, 0) is 67.6 Å². The summed E-state index contributed by atoms with van der Waals surface area (Å²) < 4.78 is 10.9. The second-order valence-corrected chi connectivity index (χ2v) is 5.69. The summed E-state index contributed by atoms with van der Waals surface area (Å²) in [5.74, 6) is 1.60. The summed E-state index contributed by atoms with van der Waals surface area (Å²) in [6.07, 6.45) is 1.63. The van der Waals surface area contributed by atoms with Crippen molar-refractivity contribution in [2.45, 2.75) is 32.6 Å². The van der Waals surface area contributed by atoms with E-state index in [-0.39, 0.29) is 5.92 Å². The molecule has 0 saturated heterocycles. The van der Waals surface area contributed by atoms with Crippen molar-refractivity contribution in [2.24, 2.45) is 0 Å². The van der Waals surface area contributed by atoms with Crippen LogP contribution >= 0.6 is 0 Å². The fraction of sp³-hybridized carbons (Fsp3) is 0.350. The lowest BCUT2D eigenvalue weighted by Crippen LogP contribution is -2.02. The summed E-state index contributed by atoms with van der Waals surface area (Å²) in [5.41, 5.74) is 3.52. The molecule has 3 nitrogen and oxygen atoms in total. The molecule has 120 valence electrons. The number of benzene rings is 2. The second-order valence-electron chi connectivity index (χ2n) is 5.69. The van der Waals surface area contributed by atoms with Crippen LogP contribution in [0.5, 0.6) is 11.5 Å². The molecule has 3 heteroatoms. The highest BCUT2D eigenvalue weighted by molar-refractivity contribution is 5.34. The van der Waals surface area contributed by atoms with E-state index in [4.69, 9.17) is 9.47 Å². The van der Waals surface area contributed by atoms with Crippen LogP contribution in [0.1, 0.15) is 35.4 Å². The predicted octanol–water partition coefficient (Wildman–Crippen LogP) is 4.78. The molecule has 0 bridgehead atoms. The Morgan fingerprint density at radius 3 is 2.30 bits per heavy atom. The van der Waals surface area contributed by atoms with Gasteiger partial charge in [0.2, 0.25) is 0 Å². The topological polar surface area (TPSA) is 42.2 Å². The minimum Gasteiger partial charge on any atom is -0.497 e. The van der Waals surface area contributed by atoms with E-state index < -0.39 is 0 Å². The highest BCUT2D eigenvalue weighted by atomic mass is 16.5. The van der Waals surface area contributed by atoms with Gasteiger partial charge in [-0.15, -0.1) is 0 Å². The fourth-order valence-corrected chi connectivity index (χ4v) is 2.42. The minimum atomic E-state index is -0.107. The van der Waals surface area contributed by atoms with Crippen molar-refractivity contribution in [1.29, 1.82) is 5.26 Å². The summed E-state index contributed by atoms with van der Waals surface area (Å²) in [6, 6.07) is 16.2. The van der Waals surface area contributed by atoms with Gasteiger partial charge in [0, 0.05) is 0 Å². The summed E-state index contributed by atoms with van der Waals surface area (Å²) in [4.78, 5) is 0. The fourth-order valence-electron chi connectivity index (χ4n) is 2.42. The average molecular weight is 309 g/mol. The van der Waals surface area contributed by atoms with Gasteiger partial charge in [0.1, 0.15) is 11.5 Å². The van der Waals surface area contributed by atoms with E-state index in [9.17, 15) is 5.26 Å². The van der Waals surface area contributed by atoms with Crippen molar-refractivity contribution in [1.82, 2.24) is 0 Å². The third-order valence-corrected chi connectivity index (χ3v) is 4.06.